The fraction of sp³-hybridized carbons (Fsp3) is 0.385. The minimum atomic E-state index is -0.300. The largest absolute Gasteiger partial charge is 0.491 e. The number of aromatic nitrogens is 5. The topological polar surface area (TPSA) is 116 Å². The Kier molecular flexibility index (Phi) is 11.8. The molecule has 0 aliphatic carbocycles. The number of nitriles is 1. The fourth-order valence-corrected chi connectivity index (χ4v) is 6.33. The molecule has 7 rings (SSSR count). The Balaban J connectivity index is 0.000000435. The summed E-state index contributed by atoms with van der Waals surface area (Å²) < 4.78 is 22.7. The summed E-state index contributed by atoms with van der Waals surface area (Å²) in [5.41, 5.74) is 4.96. The molecule has 2 unspecified atom stereocenters. The van der Waals surface area contributed by atoms with E-state index in [1.807, 2.05) is 61.7 Å². The van der Waals surface area contributed by atoms with Gasteiger partial charge in [-0.1, -0.05) is 26.0 Å². The van der Waals surface area contributed by atoms with Crippen molar-refractivity contribution in [1.82, 2.24) is 24.1 Å². The van der Waals surface area contributed by atoms with Gasteiger partial charge >= 0.3 is 5.69 Å². The molecule has 3 aromatic carbocycles. The smallest absolute Gasteiger partial charge is 0.350 e. The lowest BCUT2D eigenvalue weighted by molar-refractivity contribution is -0.0744. The maximum Gasteiger partial charge on any atom is 0.350 e. The molecule has 2 saturated heterocycles. The van der Waals surface area contributed by atoms with Crippen LogP contribution in [0.5, 0.6) is 5.75 Å². The van der Waals surface area contributed by atoms with E-state index in [2.05, 4.69) is 64.2 Å². The van der Waals surface area contributed by atoms with Crippen LogP contribution in [0.1, 0.15) is 43.9 Å². The van der Waals surface area contributed by atoms with Crippen molar-refractivity contribution in [3.05, 3.63) is 119 Å². The molecule has 2 atom stereocenters. The van der Waals surface area contributed by atoms with E-state index >= 15 is 0 Å². The second kappa shape index (κ2) is 17.0. The first-order chi connectivity index (χ1) is 24.9. The lowest BCUT2D eigenvalue weighted by atomic mass is 10.2. The average molecular weight is 691 g/mol. The van der Waals surface area contributed by atoms with Crippen LogP contribution >= 0.6 is 0 Å². The van der Waals surface area contributed by atoms with Gasteiger partial charge in [0.1, 0.15) is 24.8 Å². The highest BCUT2D eigenvalue weighted by molar-refractivity contribution is 5.54. The number of piperazine rings is 1. The standard InChI is InChI=1S/C31H39N7O4.C8H7N/c1-3-24(4-2)38-31(39)37(23-33-38)27-8-6-25(7-9-27)34-16-18-35(19-17-34)26-10-12-28(13-11-26)40-21-29-22-41-30(42-29)20-36-15-5-14-32-36;1-7-3-2-4-8(5-7)6-9/h5-15,23-24,29-30H,3-4,16-22H2,1-2H3;2-5H,1H3. The summed E-state index contributed by atoms with van der Waals surface area (Å²) in [5.74, 6) is 0.821. The van der Waals surface area contributed by atoms with Crippen molar-refractivity contribution >= 4 is 11.4 Å². The minimum Gasteiger partial charge on any atom is -0.491 e. The highest BCUT2D eigenvalue weighted by Gasteiger charge is 2.27. The van der Waals surface area contributed by atoms with Gasteiger partial charge in [0.2, 0.25) is 0 Å². The van der Waals surface area contributed by atoms with Gasteiger partial charge in [0.25, 0.3) is 0 Å². The van der Waals surface area contributed by atoms with Crippen LogP contribution in [-0.2, 0) is 16.0 Å². The molecule has 2 fully saturated rings. The lowest BCUT2D eigenvalue weighted by Crippen LogP contribution is -2.46. The van der Waals surface area contributed by atoms with E-state index in [9.17, 15) is 4.79 Å². The van der Waals surface area contributed by atoms with E-state index in [0.29, 0.717) is 19.8 Å². The summed E-state index contributed by atoms with van der Waals surface area (Å²) in [7, 11) is 0. The van der Waals surface area contributed by atoms with E-state index in [1.165, 1.54) is 5.69 Å². The number of aryl methyl sites for hydroxylation is 1. The van der Waals surface area contributed by atoms with Crippen LogP contribution in [-0.4, -0.2) is 75.9 Å². The van der Waals surface area contributed by atoms with Gasteiger partial charge in [-0.25, -0.2) is 14.0 Å². The summed E-state index contributed by atoms with van der Waals surface area (Å²) in [6.07, 6.45) is 6.64. The SMILES string of the molecule is CCC(CC)n1ncn(-c2ccc(N3CCN(c4ccc(OCC5COC(Cn6cccn6)O5)cc4)CC3)cc2)c1=O.Cc1cccc(C#N)c1. The molecule has 266 valence electrons. The number of hydrogen-bond acceptors (Lipinski definition) is 9. The van der Waals surface area contributed by atoms with Crippen LogP contribution in [0.4, 0.5) is 11.4 Å². The summed E-state index contributed by atoms with van der Waals surface area (Å²) in [4.78, 5) is 17.7. The zero-order valence-electron chi connectivity index (χ0n) is 29.5. The number of rotatable bonds is 11. The van der Waals surface area contributed by atoms with Gasteiger partial charge in [0.05, 0.1) is 36.5 Å². The maximum atomic E-state index is 12.9. The zero-order chi connectivity index (χ0) is 35.6. The van der Waals surface area contributed by atoms with Gasteiger partial charge in [0.15, 0.2) is 6.29 Å². The third-order valence-electron chi connectivity index (χ3n) is 9.25. The molecule has 2 aliphatic rings. The minimum absolute atomic E-state index is 0.0857. The number of ether oxygens (including phenoxy) is 3. The summed E-state index contributed by atoms with van der Waals surface area (Å²) >= 11 is 0. The van der Waals surface area contributed by atoms with Gasteiger partial charge in [-0.2, -0.15) is 15.5 Å². The van der Waals surface area contributed by atoms with Crippen molar-refractivity contribution in [3.8, 4) is 17.5 Å². The highest BCUT2D eigenvalue weighted by Crippen LogP contribution is 2.25. The first-order valence-electron chi connectivity index (χ1n) is 17.6. The van der Waals surface area contributed by atoms with Gasteiger partial charge in [-0.15, -0.1) is 0 Å². The summed E-state index contributed by atoms with van der Waals surface area (Å²) in [5, 5.41) is 17.0. The van der Waals surface area contributed by atoms with Crippen molar-refractivity contribution in [2.24, 2.45) is 0 Å². The third kappa shape index (κ3) is 9.05. The van der Waals surface area contributed by atoms with Gasteiger partial charge in [0, 0.05) is 49.9 Å². The van der Waals surface area contributed by atoms with Crippen molar-refractivity contribution in [3.63, 3.8) is 0 Å². The maximum absolute atomic E-state index is 12.9. The predicted molar refractivity (Wildman–Crippen MR) is 197 cm³/mol. The van der Waals surface area contributed by atoms with Crippen LogP contribution < -0.4 is 20.2 Å². The molecule has 12 nitrogen and oxygen atoms in total. The number of anilines is 2. The lowest BCUT2D eigenvalue weighted by Gasteiger charge is -2.37. The Labute approximate surface area is 299 Å². The third-order valence-corrected chi connectivity index (χ3v) is 9.25. The molecule has 2 aromatic heterocycles. The van der Waals surface area contributed by atoms with E-state index in [0.717, 1.165) is 67.3 Å². The van der Waals surface area contributed by atoms with E-state index in [4.69, 9.17) is 19.5 Å². The highest BCUT2D eigenvalue weighted by atomic mass is 16.7. The zero-order valence-corrected chi connectivity index (χ0v) is 29.5. The van der Waals surface area contributed by atoms with Crippen LogP contribution in [0, 0.1) is 18.3 Å². The second-order valence-electron chi connectivity index (χ2n) is 12.7. The second-order valence-corrected chi connectivity index (χ2v) is 12.7. The molecule has 0 saturated carbocycles. The normalized spacial score (nSPS) is 17.2. The van der Waals surface area contributed by atoms with Crippen LogP contribution in [0.15, 0.2) is 102 Å². The quantitative estimate of drug-likeness (QED) is 0.175. The van der Waals surface area contributed by atoms with E-state index in [-0.39, 0.29) is 24.1 Å². The molecule has 0 bridgehead atoms. The van der Waals surface area contributed by atoms with Crippen molar-refractivity contribution in [2.45, 2.75) is 58.6 Å². The molecule has 0 spiro atoms. The van der Waals surface area contributed by atoms with E-state index in [1.54, 1.807) is 32.5 Å². The molecular formula is C39H46N8O4. The Morgan fingerprint density at radius 1 is 0.902 bits per heavy atom. The molecule has 0 N–H and O–H groups in total. The van der Waals surface area contributed by atoms with Crippen molar-refractivity contribution in [2.75, 3.05) is 49.2 Å². The van der Waals surface area contributed by atoms with Gasteiger partial charge in [-0.05, 0) is 92.1 Å². The summed E-state index contributed by atoms with van der Waals surface area (Å²) in [6, 6.07) is 28.1. The Bertz CT molecular complexity index is 1900. The number of benzene rings is 3. The van der Waals surface area contributed by atoms with Crippen molar-refractivity contribution < 1.29 is 14.2 Å². The van der Waals surface area contributed by atoms with Crippen LogP contribution in [0.25, 0.3) is 5.69 Å². The fourth-order valence-electron chi connectivity index (χ4n) is 6.33. The van der Waals surface area contributed by atoms with Gasteiger partial charge < -0.3 is 24.0 Å². The molecule has 51 heavy (non-hydrogen) atoms. The monoisotopic (exact) mass is 690 g/mol. The first-order valence-corrected chi connectivity index (χ1v) is 17.6. The average Bonchev–Trinajstić information content (AvgIpc) is 3.95. The number of nitrogens with zero attached hydrogens (tertiary/aromatic N) is 8. The number of hydrogen-bond donors (Lipinski definition) is 0. The van der Waals surface area contributed by atoms with Gasteiger partial charge in [-0.3, -0.25) is 4.68 Å². The van der Waals surface area contributed by atoms with Crippen molar-refractivity contribution in [1.29, 1.82) is 5.26 Å². The Morgan fingerprint density at radius 2 is 1.57 bits per heavy atom. The molecule has 0 amide bonds. The molecule has 5 aromatic rings. The summed E-state index contributed by atoms with van der Waals surface area (Å²) in [6.45, 7) is 11.4. The predicted octanol–water partition coefficient (Wildman–Crippen LogP) is 5.61. The van der Waals surface area contributed by atoms with Crippen LogP contribution in [0.3, 0.4) is 0 Å². The first kappa shape index (κ1) is 35.4. The molecule has 0 radical (unpaired) electrons. The molecule has 4 heterocycles. The van der Waals surface area contributed by atoms with Crippen LogP contribution in [0.2, 0.25) is 0 Å². The molecular weight excluding hydrogens is 644 g/mol. The molecule has 12 heteroatoms. The Morgan fingerprint density at radius 3 is 2.16 bits per heavy atom. The van der Waals surface area contributed by atoms with E-state index < -0.39 is 0 Å². The molecule has 2 aliphatic heterocycles. The Hall–Kier alpha value is -5.38.